The zero-order chi connectivity index (χ0) is 34.5. The van der Waals surface area contributed by atoms with Gasteiger partial charge in [0, 0.05) is 63.0 Å². The largest absolute Gasteiger partial charge is 0.496 e. The number of methoxy groups -OCH3 is 2. The Morgan fingerprint density at radius 2 is 1.79 bits per heavy atom. The van der Waals surface area contributed by atoms with E-state index in [0.717, 1.165) is 38.4 Å². The number of benzene rings is 2. The maximum atomic E-state index is 15.8. The fraction of sp³-hybridized carbons (Fsp3) is 0.306. The van der Waals surface area contributed by atoms with E-state index in [2.05, 4.69) is 45.5 Å². The number of halogens is 1. The Balaban J connectivity index is 1.54. The van der Waals surface area contributed by atoms with Crippen LogP contribution >= 0.6 is 0 Å². The van der Waals surface area contributed by atoms with Crippen LogP contribution in [0.25, 0.3) is 11.0 Å². The molecular weight excluding hydrogens is 615 g/mol. The summed E-state index contributed by atoms with van der Waals surface area (Å²) in [5.41, 5.74) is 3.03. The van der Waals surface area contributed by atoms with Crippen LogP contribution in [0.4, 0.5) is 33.0 Å². The number of fused-ring (bicyclic) bond motifs is 1. The van der Waals surface area contributed by atoms with Crippen LogP contribution in [0.3, 0.4) is 0 Å². The van der Waals surface area contributed by atoms with Crippen LogP contribution in [-0.2, 0) is 11.2 Å². The van der Waals surface area contributed by atoms with Gasteiger partial charge in [-0.2, -0.15) is 0 Å². The lowest BCUT2D eigenvalue weighted by Crippen LogP contribution is -2.46. The van der Waals surface area contributed by atoms with Gasteiger partial charge in [-0.15, -0.1) is 6.58 Å². The summed E-state index contributed by atoms with van der Waals surface area (Å²) < 4.78 is 32.6. The van der Waals surface area contributed by atoms with Crippen LogP contribution < -0.4 is 29.9 Å². The molecule has 0 aliphatic carbocycles. The van der Waals surface area contributed by atoms with Gasteiger partial charge in [0.05, 0.1) is 43.0 Å². The van der Waals surface area contributed by atoms with Crippen molar-refractivity contribution in [2.75, 3.05) is 81.5 Å². The van der Waals surface area contributed by atoms with E-state index in [1.54, 1.807) is 31.1 Å². The number of nitrogens with zero attached hydrogens (tertiary/aromatic N) is 4. The van der Waals surface area contributed by atoms with Gasteiger partial charge in [0.1, 0.15) is 11.6 Å². The zero-order valence-electron chi connectivity index (χ0n) is 28.0. The van der Waals surface area contributed by atoms with E-state index >= 15 is 4.39 Å². The molecule has 0 saturated carbocycles. The van der Waals surface area contributed by atoms with Crippen LogP contribution in [0.5, 0.6) is 11.5 Å². The van der Waals surface area contributed by atoms with Gasteiger partial charge in [-0.25, -0.2) is 9.37 Å². The molecule has 3 heterocycles. The summed E-state index contributed by atoms with van der Waals surface area (Å²) in [6.07, 6.45) is 4.46. The third kappa shape index (κ3) is 6.70. The molecule has 1 aliphatic heterocycles. The average Bonchev–Trinajstić information content (AvgIpc) is 3.48. The van der Waals surface area contributed by atoms with Crippen molar-refractivity contribution in [3.05, 3.63) is 84.5 Å². The molecule has 1 amide bonds. The number of ether oxygens (including phenoxy) is 2. The number of amides is 1. The number of hydrogen-bond acceptors (Lipinski definition) is 10. The number of carbonyl (C=O) groups excluding carboxylic acids is 2. The van der Waals surface area contributed by atoms with Crippen molar-refractivity contribution in [3.8, 4) is 11.5 Å². The molecule has 1 saturated heterocycles. The number of allylic oxidation sites excluding steroid dienone is 1. The van der Waals surface area contributed by atoms with E-state index in [1.165, 1.54) is 32.6 Å². The topological polar surface area (TPSA) is 112 Å². The number of aromatic nitrogens is 1. The summed E-state index contributed by atoms with van der Waals surface area (Å²) in [7, 11) is 6.30. The van der Waals surface area contributed by atoms with Crippen LogP contribution in [-0.4, -0.2) is 82.6 Å². The van der Waals surface area contributed by atoms with Gasteiger partial charge >= 0.3 is 0 Å². The molecule has 2 N–H and O–H groups in total. The summed E-state index contributed by atoms with van der Waals surface area (Å²) >= 11 is 0. The Labute approximate surface area is 279 Å². The Bertz CT molecular complexity index is 1860. The highest BCUT2D eigenvalue weighted by atomic mass is 19.1. The van der Waals surface area contributed by atoms with Gasteiger partial charge in [0.15, 0.2) is 22.9 Å². The molecule has 1 aliphatic rings. The molecular formula is C36H41FN6O5. The number of likely N-dealkylation sites (N-methyl/N-ethyl adjacent to an activating group) is 1. The molecule has 0 radical (unpaired) electrons. The second kappa shape index (κ2) is 14.6. The highest BCUT2D eigenvalue weighted by Gasteiger charge is 2.31. The lowest BCUT2D eigenvalue weighted by atomic mass is 9.96. The van der Waals surface area contributed by atoms with Gasteiger partial charge in [-0.05, 0) is 43.3 Å². The van der Waals surface area contributed by atoms with Crippen molar-refractivity contribution in [1.82, 2.24) is 9.88 Å². The van der Waals surface area contributed by atoms with E-state index in [4.69, 9.17) is 13.9 Å². The second-order valence-electron chi connectivity index (χ2n) is 11.5. The standard InChI is InChI=1S/C36H41FN6O5/c1-8-11-23-27(46-6)20-28(47-7)33(37)32(23)35(45)36-34(41(4)5)24-19-30(38-21-29(24)48-36)39-25-13-12-22(18-26(25)40-31(44)9-2)43-16-14-42(10-3)15-17-43/h8-9,12-13,18-21H,1-2,10-11,14-17H2,3-7H3,(H,38,39)(H,40,44). The quantitative estimate of drug-likeness (QED) is 0.101. The van der Waals surface area contributed by atoms with Crippen molar-refractivity contribution < 1.29 is 27.9 Å². The number of carbonyl (C=O) groups is 2. The first-order valence-corrected chi connectivity index (χ1v) is 15.6. The molecule has 0 atom stereocenters. The molecule has 2 aromatic carbocycles. The molecule has 252 valence electrons. The smallest absolute Gasteiger partial charge is 0.247 e. The van der Waals surface area contributed by atoms with Crippen molar-refractivity contribution in [1.29, 1.82) is 0 Å². The summed E-state index contributed by atoms with van der Waals surface area (Å²) in [5.74, 6) is -1.32. The Kier molecular flexibility index (Phi) is 10.3. The molecule has 0 unspecified atom stereocenters. The predicted octanol–water partition coefficient (Wildman–Crippen LogP) is 6.02. The van der Waals surface area contributed by atoms with Gasteiger partial charge in [0.25, 0.3) is 0 Å². The molecule has 2 aromatic heterocycles. The molecule has 5 rings (SSSR count). The molecule has 12 heteroatoms. The van der Waals surface area contributed by atoms with Crippen molar-refractivity contribution in [2.45, 2.75) is 13.3 Å². The molecule has 48 heavy (non-hydrogen) atoms. The van der Waals surface area contributed by atoms with Crippen molar-refractivity contribution in [2.24, 2.45) is 0 Å². The monoisotopic (exact) mass is 656 g/mol. The zero-order valence-corrected chi connectivity index (χ0v) is 28.0. The summed E-state index contributed by atoms with van der Waals surface area (Å²) in [4.78, 5) is 37.5. The molecule has 11 nitrogen and oxygen atoms in total. The van der Waals surface area contributed by atoms with E-state index in [1.807, 2.05) is 18.2 Å². The van der Waals surface area contributed by atoms with E-state index in [-0.39, 0.29) is 29.4 Å². The summed E-state index contributed by atoms with van der Waals surface area (Å²) in [6.45, 7) is 14.2. The van der Waals surface area contributed by atoms with Crippen LogP contribution in [0.2, 0.25) is 0 Å². The summed E-state index contributed by atoms with van der Waals surface area (Å²) in [5, 5.41) is 6.78. The average molecular weight is 657 g/mol. The highest BCUT2D eigenvalue weighted by Crippen LogP contribution is 2.40. The minimum Gasteiger partial charge on any atom is -0.496 e. The first-order chi connectivity index (χ1) is 23.1. The van der Waals surface area contributed by atoms with Gasteiger partial charge in [-0.1, -0.05) is 19.6 Å². The first kappa shape index (κ1) is 34.0. The maximum absolute atomic E-state index is 15.8. The minimum absolute atomic E-state index is 0.0695. The Hall–Kier alpha value is -5.36. The van der Waals surface area contributed by atoms with E-state index < -0.39 is 11.6 Å². The second-order valence-corrected chi connectivity index (χ2v) is 11.5. The SMILES string of the molecule is C=CCc1c(OC)cc(OC)c(F)c1C(=O)c1oc2cnc(Nc3ccc(N4CCN(CC)CC4)cc3NC(=O)C=C)cc2c1N(C)C. The molecule has 0 bridgehead atoms. The normalized spacial score (nSPS) is 13.2. The highest BCUT2D eigenvalue weighted by molar-refractivity contribution is 6.16. The van der Waals surface area contributed by atoms with Crippen LogP contribution in [0.15, 0.2) is 66.3 Å². The van der Waals surface area contributed by atoms with E-state index in [9.17, 15) is 9.59 Å². The molecule has 4 aromatic rings. The Morgan fingerprint density at radius 3 is 2.42 bits per heavy atom. The first-order valence-electron chi connectivity index (χ1n) is 15.6. The minimum atomic E-state index is -0.824. The third-order valence-electron chi connectivity index (χ3n) is 8.41. The van der Waals surface area contributed by atoms with Gasteiger partial charge in [-0.3, -0.25) is 9.59 Å². The number of hydrogen-bond donors (Lipinski definition) is 2. The number of pyridine rings is 1. The number of piperazine rings is 1. The van der Waals surface area contributed by atoms with E-state index in [0.29, 0.717) is 45.2 Å². The number of furan rings is 1. The third-order valence-corrected chi connectivity index (χ3v) is 8.41. The number of rotatable bonds is 13. The van der Waals surface area contributed by atoms with Gasteiger partial charge < -0.3 is 39.2 Å². The molecule has 0 spiro atoms. The fourth-order valence-corrected chi connectivity index (χ4v) is 5.92. The number of ketones is 1. The van der Waals surface area contributed by atoms with Crippen molar-refractivity contribution in [3.63, 3.8) is 0 Å². The van der Waals surface area contributed by atoms with Crippen LogP contribution in [0, 0.1) is 5.82 Å². The number of anilines is 5. The summed E-state index contributed by atoms with van der Waals surface area (Å²) in [6, 6.07) is 8.98. The number of nitrogens with one attached hydrogen (secondary N) is 2. The van der Waals surface area contributed by atoms with Crippen molar-refractivity contribution >= 4 is 51.2 Å². The fourth-order valence-electron chi connectivity index (χ4n) is 5.92. The molecule has 1 fully saturated rings. The maximum Gasteiger partial charge on any atom is 0.247 e. The predicted molar refractivity (Wildman–Crippen MR) is 188 cm³/mol. The van der Waals surface area contributed by atoms with Gasteiger partial charge in [0.2, 0.25) is 11.7 Å². The lowest BCUT2D eigenvalue weighted by molar-refractivity contribution is -0.111. The lowest BCUT2D eigenvalue weighted by Gasteiger charge is -2.35. The van der Waals surface area contributed by atoms with Crippen LogP contribution in [0.1, 0.15) is 28.6 Å². The Morgan fingerprint density at radius 1 is 1.06 bits per heavy atom.